The molecule has 0 aromatic carbocycles. The van der Waals surface area contributed by atoms with Crippen LogP contribution in [-0.4, -0.2) is 18.8 Å². The number of hydrogen-bond donors (Lipinski definition) is 0. The molecule has 0 aromatic heterocycles. The summed E-state index contributed by atoms with van der Waals surface area (Å²) in [6, 6.07) is 0. The molecule has 4 nitrogen and oxygen atoms in total. The zero-order valence-electron chi connectivity index (χ0n) is 5.57. The van der Waals surface area contributed by atoms with E-state index in [2.05, 4.69) is 15.3 Å². The van der Waals surface area contributed by atoms with Gasteiger partial charge in [-0.05, 0) is 6.92 Å². The number of carbonyl (C=O) groups excluding carboxylic acids is 1. The molecule has 1 rings (SSSR count). The second-order valence-corrected chi connectivity index (χ2v) is 1.66. The summed E-state index contributed by atoms with van der Waals surface area (Å²) in [7, 11) is 0. The molecule has 53 valence electrons. The number of hydrogen-bond acceptors (Lipinski definition) is 3. The summed E-state index contributed by atoms with van der Waals surface area (Å²) in [5.74, 6) is -0.368. The second-order valence-electron chi connectivity index (χ2n) is 1.66. The molecule has 1 aliphatic rings. The Hall–Kier alpha value is -1.32. The molecule has 0 atom stereocenters. The van der Waals surface area contributed by atoms with Crippen molar-refractivity contribution in [3.05, 3.63) is 11.8 Å². The molecule has 0 bridgehead atoms. The summed E-state index contributed by atoms with van der Waals surface area (Å²) >= 11 is 0. The van der Waals surface area contributed by atoms with Gasteiger partial charge in [0, 0.05) is 0 Å². The van der Waals surface area contributed by atoms with Crippen LogP contribution in [0.15, 0.2) is 16.9 Å². The van der Waals surface area contributed by atoms with Gasteiger partial charge in [0.25, 0.3) is 0 Å². The van der Waals surface area contributed by atoms with Crippen molar-refractivity contribution in [3.63, 3.8) is 0 Å². The Kier molecular flexibility index (Phi) is 2.04. The molecule has 0 spiro atoms. The van der Waals surface area contributed by atoms with E-state index in [-0.39, 0.29) is 5.97 Å². The standard InChI is InChI=1S/C6H7N2O2/c1-2-10-6(9)5-3-7-8-4-5/h3-4H,2H2,1H3. The fourth-order valence-electron chi connectivity index (χ4n) is 0.544. The molecule has 0 saturated heterocycles. The molecule has 0 aliphatic carbocycles. The first-order valence-corrected chi connectivity index (χ1v) is 2.95. The number of carbonyl (C=O) groups is 1. The van der Waals surface area contributed by atoms with Crippen molar-refractivity contribution in [2.24, 2.45) is 5.10 Å². The van der Waals surface area contributed by atoms with Crippen LogP contribution in [0.4, 0.5) is 0 Å². The van der Waals surface area contributed by atoms with E-state index in [1.54, 1.807) is 6.92 Å². The average molecular weight is 139 g/mol. The summed E-state index contributed by atoms with van der Waals surface area (Å²) in [4.78, 5) is 10.8. The van der Waals surface area contributed by atoms with Crippen LogP contribution in [0.1, 0.15) is 6.92 Å². The van der Waals surface area contributed by atoms with Gasteiger partial charge < -0.3 is 4.74 Å². The zero-order chi connectivity index (χ0) is 7.40. The minimum Gasteiger partial charge on any atom is -0.462 e. The Morgan fingerprint density at radius 3 is 3.10 bits per heavy atom. The van der Waals surface area contributed by atoms with Crippen LogP contribution in [0.3, 0.4) is 0 Å². The van der Waals surface area contributed by atoms with Gasteiger partial charge in [-0.15, -0.1) is 0 Å². The maximum absolute atomic E-state index is 10.8. The van der Waals surface area contributed by atoms with E-state index in [9.17, 15) is 4.79 Å². The van der Waals surface area contributed by atoms with E-state index >= 15 is 0 Å². The quantitative estimate of drug-likeness (QED) is 0.507. The number of rotatable bonds is 2. The Morgan fingerprint density at radius 1 is 1.80 bits per heavy atom. The summed E-state index contributed by atoms with van der Waals surface area (Å²) in [5.41, 5.74) is 3.88. The fourth-order valence-corrected chi connectivity index (χ4v) is 0.544. The van der Waals surface area contributed by atoms with Crippen molar-refractivity contribution in [1.29, 1.82) is 0 Å². The fraction of sp³-hybridized carbons (Fsp3) is 0.333. The Morgan fingerprint density at radius 2 is 2.60 bits per heavy atom. The first-order chi connectivity index (χ1) is 4.84. The van der Waals surface area contributed by atoms with Crippen LogP contribution in [-0.2, 0) is 9.53 Å². The molecule has 0 N–H and O–H groups in total. The van der Waals surface area contributed by atoms with Crippen molar-refractivity contribution in [2.45, 2.75) is 6.92 Å². The Bertz CT molecular complexity index is 196. The van der Waals surface area contributed by atoms with Crippen molar-refractivity contribution < 1.29 is 9.53 Å². The highest BCUT2D eigenvalue weighted by molar-refractivity contribution is 6.10. The predicted molar refractivity (Wildman–Crippen MR) is 35.3 cm³/mol. The lowest BCUT2D eigenvalue weighted by Gasteiger charge is -1.96. The molecule has 1 aliphatic heterocycles. The minimum atomic E-state index is -0.368. The number of nitrogens with zero attached hydrogens (tertiary/aromatic N) is 2. The van der Waals surface area contributed by atoms with E-state index in [1.165, 1.54) is 12.4 Å². The minimum absolute atomic E-state index is 0.368. The van der Waals surface area contributed by atoms with Gasteiger partial charge in [0.05, 0.1) is 24.6 Å². The van der Waals surface area contributed by atoms with Crippen LogP contribution in [0, 0.1) is 0 Å². The van der Waals surface area contributed by atoms with Crippen molar-refractivity contribution in [2.75, 3.05) is 6.61 Å². The van der Waals surface area contributed by atoms with E-state index in [0.717, 1.165) is 0 Å². The third-order valence-electron chi connectivity index (χ3n) is 0.971. The highest BCUT2D eigenvalue weighted by Crippen LogP contribution is 1.98. The molecule has 0 fully saturated rings. The largest absolute Gasteiger partial charge is 0.462 e. The topological polar surface area (TPSA) is 52.8 Å². The van der Waals surface area contributed by atoms with E-state index in [1.807, 2.05) is 0 Å². The van der Waals surface area contributed by atoms with Gasteiger partial charge in [-0.3, -0.25) is 0 Å². The number of ether oxygens (including phenoxy) is 1. The molecule has 0 unspecified atom stereocenters. The average Bonchev–Trinajstić information content (AvgIpc) is 2.38. The first kappa shape index (κ1) is 6.80. The third-order valence-corrected chi connectivity index (χ3v) is 0.971. The van der Waals surface area contributed by atoms with Gasteiger partial charge in [-0.1, -0.05) is 0 Å². The van der Waals surface area contributed by atoms with E-state index < -0.39 is 0 Å². The van der Waals surface area contributed by atoms with Crippen molar-refractivity contribution in [3.8, 4) is 0 Å². The van der Waals surface area contributed by atoms with Gasteiger partial charge in [0.15, 0.2) is 0 Å². The van der Waals surface area contributed by atoms with Gasteiger partial charge in [-0.25, -0.2) is 4.79 Å². The summed E-state index contributed by atoms with van der Waals surface area (Å²) in [5, 5.41) is 3.47. The summed E-state index contributed by atoms with van der Waals surface area (Å²) in [6.45, 7) is 2.13. The molecular formula is C6H7N2O2. The lowest BCUT2D eigenvalue weighted by atomic mass is 10.3. The molecule has 1 heterocycles. The third kappa shape index (κ3) is 1.34. The Labute approximate surface area is 58.6 Å². The molecule has 0 aromatic rings. The second kappa shape index (κ2) is 3.00. The Balaban J connectivity index is 2.48. The van der Waals surface area contributed by atoms with E-state index in [4.69, 9.17) is 0 Å². The van der Waals surface area contributed by atoms with Gasteiger partial charge >= 0.3 is 5.97 Å². The van der Waals surface area contributed by atoms with Crippen LogP contribution in [0.5, 0.6) is 0 Å². The van der Waals surface area contributed by atoms with Crippen LogP contribution in [0.25, 0.3) is 0 Å². The maximum atomic E-state index is 10.8. The zero-order valence-corrected chi connectivity index (χ0v) is 5.57. The maximum Gasteiger partial charge on any atom is 0.341 e. The molecule has 4 heteroatoms. The highest BCUT2D eigenvalue weighted by Gasteiger charge is 2.10. The molecule has 0 saturated carbocycles. The predicted octanol–water partition coefficient (Wildman–Crippen LogP) is 0.0372. The lowest BCUT2D eigenvalue weighted by Crippen LogP contribution is -2.06. The molecule has 0 amide bonds. The van der Waals surface area contributed by atoms with Gasteiger partial charge in [0.2, 0.25) is 0 Å². The molecule has 1 radical (unpaired) electrons. The lowest BCUT2D eigenvalue weighted by molar-refractivity contribution is -0.137. The first-order valence-electron chi connectivity index (χ1n) is 2.95. The summed E-state index contributed by atoms with van der Waals surface area (Å²) in [6.07, 6.45) is 2.75. The smallest absolute Gasteiger partial charge is 0.341 e. The van der Waals surface area contributed by atoms with Crippen LogP contribution >= 0.6 is 0 Å². The van der Waals surface area contributed by atoms with E-state index in [0.29, 0.717) is 12.2 Å². The molecule has 10 heavy (non-hydrogen) atoms. The SMILES string of the molecule is CCOC(=O)C1=C[N]N=C1. The van der Waals surface area contributed by atoms with Gasteiger partial charge in [-0.2, -0.15) is 10.5 Å². The van der Waals surface area contributed by atoms with Gasteiger partial charge in [0.1, 0.15) is 0 Å². The summed E-state index contributed by atoms with van der Waals surface area (Å²) < 4.78 is 4.67. The highest BCUT2D eigenvalue weighted by atomic mass is 16.5. The van der Waals surface area contributed by atoms with Crippen LogP contribution in [0.2, 0.25) is 0 Å². The van der Waals surface area contributed by atoms with Crippen molar-refractivity contribution >= 4 is 12.2 Å². The number of esters is 1. The van der Waals surface area contributed by atoms with Crippen LogP contribution < -0.4 is 5.43 Å². The normalized spacial score (nSPS) is 14.3. The van der Waals surface area contributed by atoms with Crippen molar-refractivity contribution in [1.82, 2.24) is 5.43 Å². The molecular weight excluding hydrogens is 132 g/mol. The monoisotopic (exact) mass is 139 g/mol.